The first-order valence-electron chi connectivity index (χ1n) is 17.0. The standard InChI is InChI=1S/C32H56O15/c1-2-3-4-5-6-7-8-9-10-11-12-13-14-15-23(35)43-18-20-25(37)27(39)29(41)31(45-20)47-32-30(42)28(40)26(38)21(46-32)19-44-24(36)17-16-22(33)34/h20-21,25-32,37-42H,2-19H2,1H3,(H,33,34). The molecule has 10 unspecified atom stereocenters. The summed E-state index contributed by atoms with van der Waals surface area (Å²) in [4.78, 5) is 34.7. The quantitative estimate of drug-likeness (QED) is 0.0590. The molecule has 0 radical (unpaired) electrons. The summed E-state index contributed by atoms with van der Waals surface area (Å²) in [6.45, 7) is 1.12. The topological polar surface area (TPSA) is 239 Å². The summed E-state index contributed by atoms with van der Waals surface area (Å²) in [5, 5.41) is 70.8. The number of hydrogen-bond acceptors (Lipinski definition) is 14. The van der Waals surface area contributed by atoms with Crippen LogP contribution in [0.1, 0.15) is 110 Å². The summed E-state index contributed by atoms with van der Waals surface area (Å²) in [6, 6.07) is 0. The van der Waals surface area contributed by atoms with Crippen LogP contribution in [0.25, 0.3) is 0 Å². The maximum atomic E-state index is 12.3. The van der Waals surface area contributed by atoms with Gasteiger partial charge in [0, 0.05) is 6.42 Å². The number of unbranched alkanes of at least 4 members (excludes halogenated alkanes) is 12. The van der Waals surface area contributed by atoms with Gasteiger partial charge in [0.25, 0.3) is 0 Å². The van der Waals surface area contributed by atoms with E-state index in [4.69, 9.17) is 28.8 Å². The second kappa shape index (κ2) is 22.6. The molecule has 7 N–H and O–H groups in total. The van der Waals surface area contributed by atoms with Crippen molar-refractivity contribution >= 4 is 17.9 Å². The molecule has 0 bridgehead atoms. The van der Waals surface area contributed by atoms with Gasteiger partial charge in [-0.3, -0.25) is 14.4 Å². The Kier molecular flexibility index (Phi) is 19.9. The molecule has 2 heterocycles. The van der Waals surface area contributed by atoms with Gasteiger partial charge in [-0.05, 0) is 6.42 Å². The Morgan fingerprint density at radius 1 is 0.511 bits per heavy atom. The van der Waals surface area contributed by atoms with Gasteiger partial charge in [0.1, 0.15) is 62.0 Å². The lowest BCUT2D eigenvalue weighted by Gasteiger charge is -2.44. The average molecular weight is 681 g/mol. The molecule has 0 aliphatic carbocycles. The van der Waals surface area contributed by atoms with E-state index in [1.54, 1.807) is 0 Å². The van der Waals surface area contributed by atoms with Crippen molar-refractivity contribution in [3.8, 4) is 0 Å². The average Bonchev–Trinajstić information content (AvgIpc) is 3.05. The smallest absolute Gasteiger partial charge is 0.306 e. The van der Waals surface area contributed by atoms with Gasteiger partial charge in [-0.15, -0.1) is 0 Å². The molecule has 0 amide bonds. The highest BCUT2D eigenvalue weighted by Gasteiger charge is 2.50. The number of rotatable bonds is 23. The molecule has 2 rings (SSSR count). The molecule has 10 atom stereocenters. The number of hydrogen-bond donors (Lipinski definition) is 7. The summed E-state index contributed by atoms with van der Waals surface area (Å²) in [5.41, 5.74) is 0. The second-order valence-corrected chi connectivity index (χ2v) is 12.4. The first-order valence-corrected chi connectivity index (χ1v) is 17.0. The first kappa shape index (κ1) is 41.2. The third-order valence-electron chi connectivity index (χ3n) is 8.45. The van der Waals surface area contributed by atoms with E-state index in [1.807, 2.05) is 0 Å². The minimum absolute atomic E-state index is 0.163. The first-order chi connectivity index (χ1) is 22.5. The van der Waals surface area contributed by atoms with Gasteiger partial charge in [-0.1, -0.05) is 84.0 Å². The van der Waals surface area contributed by atoms with Gasteiger partial charge >= 0.3 is 17.9 Å². The summed E-state index contributed by atoms with van der Waals surface area (Å²) in [7, 11) is 0. The SMILES string of the molecule is CCCCCCCCCCCCCCCC(=O)OCC1OC(OC2OC(COC(=O)CCC(=O)O)C(O)C(O)C2O)C(O)C(O)C1O. The molecule has 0 aromatic heterocycles. The van der Waals surface area contributed by atoms with Crippen LogP contribution in [0.3, 0.4) is 0 Å². The van der Waals surface area contributed by atoms with Crippen LogP contribution in [-0.2, 0) is 38.1 Å². The van der Waals surface area contributed by atoms with E-state index in [0.29, 0.717) is 6.42 Å². The maximum absolute atomic E-state index is 12.3. The van der Waals surface area contributed by atoms with E-state index in [1.165, 1.54) is 57.8 Å². The molecule has 274 valence electrons. The molecule has 2 fully saturated rings. The zero-order valence-corrected chi connectivity index (χ0v) is 27.4. The number of ether oxygens (including phenoxy) is 5. The van der Waals surface area contributed by atoms with E-state index in [9.17, 15) is 45.0 Å². The van der Waals surface area contributed by atoms with Gasteiger partial charge in [0.15, 0.2) is 12.6 Å². The molecular weight excluding hydrogens is 624 g/mol. The lowest BCUT2D eigenvalue weighted by molar-refractivity contribution is -0.376. The summed E-state index contributed by atoms with van der Waals surface area (Å²) in [5.74, 6) is -2.65. The molecular formula is C32H56O15. The molecule has 0 aromatic rings. The van der Waals surface area contributed by atoms with E-state index in [-0.39, 0.29) is 6.42 Å². The lowest BCUT2D eigenvalue weighted by atomic mass is 9.98. The Bertz CT molecular complexity index is 904. The molecule has 0 aromatic carbocycles. The zero-order valence-electron chi connectivity index (χ0n) is 27.4. The van der Waals surface area contributed by atoms with Crippen molar-refractivity contribution in [1.29, 1.82) is 0 Å². The number of aliphatic hydroxyl groups excluding tert-OH is 6. The molecule has 2 saturated heterocycles. The van der Waals surface area contributed by atoms with Crippen LogP contribution in [0.2, 0.25) is 0 Å². The van der Waals surface area contributed by atoms with Crippen molar-refractivity contribution in [3.05, 3.63) is 0 Å². The molecule has 0 saturated carbocycles. The van der Waals surface area contributed by atoms with E-state index >= 15 is 0 Å². The number of carboxylic acids is 1. The Hall–Kier alpha value is -1.95. The number of aliphatic hydroxyl groups is 6. The van der Waals surface area contributed by atoms with Gasteiger partial charge in [-0.2, -0.15) is 0 Å². The molecule has 2 aliphatic rings. The fourth-order valence-corrected chi connectivity index (χ4v) is 5.46. The number of esters is 2. The minimum Gasteiger partial charge on any atom is -0.481 e. The summed E-state index contributed by atoms with van der Waals surface area (Å²) >= 11 is 0. The van der Waals surface area contributed by atoms with Crippen molar-refractivity contribution in [1.82, 2.24) is 0 Å². The third-order valence-corrected chi connectivity index (χ3v) is 8.45. The monoisotopic (exact) mass is 680 g/mol. The van der Waals surface area contributed by atoms with Crippen molar-refractivity contribution in [3.63, 3.8) is 0 Å². The highest BCUT2D eigenvalue weighted by Crippen LogP contribution is 2.28. The van der Waals surface area contributed by atoms with Gasteiger partial charge in [0.05, 0.1) is 12.8 Å². The maximum Gasteiger partial charge on any atom is 0.306 e. The summed E-state index contributed by atoms with van der Waals surface area (Å²) < 4.78 is 26.5. The Labute approximate surface area is 276 Å². The predicted octanol–water partition coefficient (Wildman–Crippen LogP) is 1.05. The Morgan fingerprint density at radius 3 is 1.30 bits per heavy atom. The predicted molar refractivity (Wildman–Crippen MR) is 164 cm³/mol. The number of aliphatic carboxylic acids is 1. The molecule has 2 aliphatic heterocycles. The molecule has 0 spiro atoms. The third kappa shape index (κ3) is 15.0. The fraction of sp³-hybridized carbons (Fsp3) is 0.906. The zero-order chi connectivity index (χ0) is 34.8. The van der Waals surface area contributed by atoms with Crippen molar-refractivity contribution < 1.29 is 73.8 Å². The molecule has 47 heavy (non-hydrogen) atoms. The minimum atomic E-state index is -1.87. The van der Waals surface area contributed by atoms with Crippen LogP contribution >= 0.6 is 0 Å². The normalized spacial score (nSPS) is 31.0. The molecule has 15 heteroatoms. The van der Waals surface area contributed by atoms with Crippen LogP contribution in [0.15, 0.2) is 0 Å². The Morgan fingerprint density at radius 2 is 0.894 bits per heavy atom. The molecule has 15 nitrogen and oxygen atoms in total. The fourth-order valence-electron chi connectivity index (χ4n) is 5.46. The highest BCUT2D eigenvalue weighted by atomic mass is 16.8. The second-order valence-electron chi connectivity index (χ2n) is 12.4. The van der Waals surface area contributed by atoms with Crippen LogP contribution < -0.4 is 0 Å². The number of carbonyl (C=O) groups is 3. The highest BCUT2D eigenvalue weighted by molar-refractivity contribution is 5.76. The summed E-state index contributed by atoms with van der Waals surface area (Å²) in [6.07, 6.45) is -2.64. The lowest BCUT2D eigenvalue weighted by Crippen LogP contribution is -2.64. The largest absolute Gasteiger partial charge is 0.481 e. The van der Waals surface area contributed by atoms with E-state index in [0.717, 1.165) is 19.3 Å². The van der Waals surface area contributed by atoms with Crippen LogP contribution in [0.4, 0.5) is 0 Å². The number of carboxylic acid groups (broad SMARTS) is 1. The van der Waals surface area contributed by atoms with E-state index in [2.05, 4.69) is 6.92 Å². The van der Waals surface area contributed by atoms with Gasteiger partial charge < -0.3 is 59.4 Å². The van der Waals surface area contributed by atoms with Gasteiger partial charge in [0.2, 0.25) is 0 Å². The Balaban J connectivity index is 1.73. The number of carbonyl (C=O) groups excluding carboxylic acids is 2. The van der Waals surface area contributed by atoms with Crippen molar-refractivity contribution in [2.24, 2.45) is 0 Å². The van der Waals surface area contributed by atoms with Crippen LogP contribution in [0.5, 0.6) is 0 Å². The van der Waals surface area contributed by atoms with Crippen LogP contribution in [0, 0.1) is 0 Å². The van der Waals surface area contributed by atoms with Gasteiger partial charge in [-0.25, -0.2) is 0 Å². The van der Waals surface area contributed by atoms with Crippen LogP contribution in [-0.4, -0.2) is 128 Å². The van der Waals surface area contributed by atoms with E-state index < -0.39 is 105 Å². The van der Waals surface area contributed by atoms with Crippen molar-refractivity contribution in [2.75, 3.05) is 13.2 Å². The van der Waals surface area contributed by atoms with Crippen molar-refractivity contribution in [2.45, 2.75) is 171 Å².